The van der Waals surface area contributed by atoms with Crippen molar-refractivity contribution >= 4 is 0 Å². The summed E-state index contributed by atoms with van der Waals surface area (Å²) in [6.07, 6.45) is 1.68. The quantitative estimate of drug-likeness (QED) is 0.669. The van der Waals surface area contributed by atoms with Gasteiger partial charge in [0.1, 0.15) is 0 Å². The minimum atomic E-state index is 0.0103. The number of methoxy groups -OCH3 is 2. The number of nitrogens with one attached hydrogen (secondary N) is 1. The van der Waals surface area contributed by atoms with Crippen molar-refractivity contribution in [2.45, 2.75) is 32.4 Å². The van der Waals surface area contributed by atoms with Crippen molar-refractivity contribution in [3.05, 3.63) is 17.7 Å². The smallest absolute Gasteiger partial charge is 0.200 e. The summed E-state index contributed by atoms with van der Waals surface area (Å²) in [5.41, 5.74) is 0.961. The first-order valence-electron chi connectivity index (χ1n) is 6.44. The van der Waals surface area contributed by atoms with E-state index in [0.29, 0.717) is 18.0 Å². The Morgan fingerprint density at radius 3 is 2.21 bits per heavy atom. The van der Waals surface area contributed by atoms with Gasteiger partial charge < -0.3 is 25.0 Å². The molecule has 0 aliphatic rings. The number of ether oxygens (including phenoxy) is 2. The monoisotopic (exact) mass is 269 g/mol. The number of hydrogen-bond acceptors (Lipinski definition) is 5. The summed E-state index contributed by atoms with van der Waals surface area (Å²) in [7, 11) is 3.01. The van der Waals surface area contributed by atoms with E-state index in [1.54, 1.807) is 12.1 Å². The molecule has 0 spiro atoms. The van der Waals surface area contributed by atoms with Crippen LogP contribution in [0.4, 0.5) is 0 Å². The second kappa shape index (κ2) is 7.86. The molecule has 0 saturated carbocycles. The van der Waals surface area contributed by atoms with Gasteiger partial charge in [0.05, 0.1) is 14.2 Å². The molecule has 5 nitrogen and oxygen atoms in total. The molecule has 19 heavy (non-hydrogen) atoms. The highest BCUT2D eigenvalue weighted by Crippen LogP contribution is 2.37. The van der Waals surface area contributed by atoms with E-state index in [-0.39, 0.29) is 18.4 Å². The van der Waals surface area contributed by atoms with Crippen molar-refractivity contribution < 1.29 is 19.7 Å². The molecule has 1 rings (SSSR count). The number of rotatable bonds is 8. The molecule has 0 bridgehead atoms. The van der Waals surface area contributed by atoms with Crippen LogP contribution in [0, 0.1) is 0 Å². The van der Waals surface area contributed by atoms with Gasteiger partial charge in [0.2, 0.25) is 5.75 Å². The Morgan fingerprint density at radius 2 is 1.79 bits per heavy atom. The summed E-state index contributed by atoms with van der Waals surface area (Å²) < 4.78 is 10.2. The molecule has 0 saturated heterocycles. The first-order valence-corrected chi connectivity index (χ1v) is 6.44. The SMILES string of the molecule is CCC(CCO)NCc1cc(OC)c(O)c(OC)c1. The highest BCUT2D eigenvalue weighted by atomic mass is 16.5. The van der Waals surface area contributed by atoms with Gasteiger partial charge in [-0.15, -0.1) is 0 Å². The highest BCUT2D eigenvalue weighted by molar-refractivity contribution is 5.52. The van der Waals surface area contributed by atoms with E-state index in [1.807, 2.05) is 0 Å². The van der Waals surface area contributed by atoms with Gasteiger partial charge in [0, 0.05) is 19.2 Å². The summed E-state index contributed by atoms with van der Waals surface area (Å²) in [5.74, 6) is 0.800. The van der Waals surface area contributed by atoms with Crippen LogP contribution in [-0.2, 0) is 6.54 Å². The lowest BCUT2D eigenvalue weighted by molar-refractivity contribution is 0.262. The van der Waals surface area contributed by atoms with Gasteiger partial charge in [-0.05, 0) is 30.5 Å². The lowest BCUT2D eigenvalue weighted by Crippen LogP contribution is -2.28. The van der Waals surface area contributed by atoms with Crippen LogP contribution in [0.15, 0.2) is 12.1 Å². The van der Waals surface area contributed by atoms with Gasteiger partial charge in [-0.25, -0.2) is 0 Å². The largest absolute Gasteiger partial charge is 0.502 e. The van der Waals surface area contributed by atoms with E-state index in [9.17, 15) is 5.11 Å². The van der Waals surface area contributed by atoms with Crippen molar-refractivity contribution in [3.63, 3.8) is 0 Å². The zero-order chi connectivity index (χ0) is 14.3. The van der Waals surface area contributed by atoms with Crippen molar-refractivity contribution in [3.8, 4) is 17.2 Å². The maximum absolute atomic E-state index is 9.82. The van der Waals surface area contributed by atoms with Crippen molar-refractivity contribution in [2.24, 2.45) is 0 Å². The van der Waals surface area contributed by atoms with Crippen LogP contribution < -0.4 is 14.8 Å². The molecule has 0 aromatic heterocycles. The van der Waals surface area contributed by atoms with E-state index < -0.39 is 0 Å². The molecule has 0 aliphatic heterocycles. The normalized spacial score (nSPS) is 12.2. The third kappa shape index (κ3) is 4.29. The Kier molecular flexibility index (Phi) is 6.45. The molecule has 1 atom stereocenters. The lowest BCUT2D eigenvalue weighted by atomic mass is 10.1. The number of phenols is 1. The maximum atomic E-state index is 9.82. The second-order valence-corrected chi connectivity index (χ2v) is 4.35. The number of phenolic OH excluding ortho intramolecular Hbond substituents is 1. The van der Waals surface area contributed by atoms with E-state index in [1.165, 1.54) is 14.2 Å². The Labute approximate surface area is 114 Å². The Bertz CT molecular complexity index is 370. The minimum Gasteiger partial charge on any atom is -0.502 e. The van der Waals surface area contributed by atoms with E-state index in [4.69, 9.17) is 14.6 Å². The molecule has 0 aliphatic carbocycles. The number of benzene rings is 1. The van der Waals surface area contributed by atoms with E-state index in [2.05, 4.69) is 12.2 Å². The molecule has 0 fully saturated rings. The Balaban J connectivity index is 2.77. The van der Waals surface area contributed by atoms with Gasteiger partial charge in [-0.1, -0.05) is 6.92 Å². The molecule has 1 aromatic rings. The number of aliphatic hydroxyl groups excluding tert-OH is 1. The fourth-order valence-electron chi connectivity index (χ4n) is 1.92. The molecule has 5 heteroatoms. The molecule has 108 valence electrons. The summed E-state index contributed by atoms with van der Waals surface area (Å²) in [5, 5.41) is 22.1. The van der Waals surface area contributed by atoms with Crippen LogP contribution in [0.25, 0.3) is 0 Å². The standard InChI is InChI=1S/C14H23NO4/c1-4-11(5-6-16)15-9-10-7-12(18-2)14(17)13(8-10)19-3/h7-8,11,15-17H,4-6,9H2,1-3H3. The van der Waals surface area contributed by atoms with Crippen LogP contribution in [0.5, 0.6) is 17.2 Å². The van der Waals surface area contributed by atoms with Gasteiger partial charge >= 0.3 is 0 Å². The van der Waals surface area contributed by atoms with Gasteiger partial charge in [0.25, 0.3) is 0 Å². The first kappa shape index (κ1) is 15.6. The second-order valence-electron chi connectivity index (χ2n) is 4.35. The lowest BCUT2D eigenvalue weighted by Gasteiger charge is -2.17. The number of hydrogen-bond donors (Lipinski definition) is 3. The third-order valence-electron chi connectivity index (χ3n) is 3.10. The summed E-state index contributed by atoms with van der Waals surface area (Å²) >= 11 is 0. The predicted octanol–water partition coefficient (Wildman–Crippen LogP) is 1.66. The highest BCUT2D eigenvalue weighted by Gasteiger charge is 2.12. The fraction of sp³-hybridized carbons (Fsp3) is 0.571. The third-order valence-corrected chi connectivity index (χ3v) is 3.10. The van der Waals surface area contributed by atoms with Crippen LogP contribution >= 0.6 is 0 Å². The predicted molar refractivity (Wildman–Crippen MR) is 73.8 cm³/mol. The van der Waals surface area contributed by atoms with E-state index >= 15 is 0 Å². The van der Waals surface area contributed by atoms with Gasteiger partial charge in [-0.3, -0.25) is 0 Å². The summed E-state index contributed by atoms with van der Waals surface area (Å²) in [6.45, 7) is 2.88. The van der Waals surface area contributed by atoms with Gasteiger partial charge in [0.15, 0.2) is 11.5 Å². The molecule has 0 heterocycles. The van der Waals surface area contributed by atoms with Crippen molar-refractivity contribution in [2.75, 3.05) is 20.8 Å². The van der Waals surface area contributed by atoms with E-state index in [0.717, 1.165) is 18.4 Å². The average molecular weight is 269 g/mol. The Hall–Kier alpha value is -1.46. The molecular formula is C14H23NO4. The van der Waals surface area contributed by atoms with Crippen LogP contribution in [0.1, 0.15) is 25.3 Å². The molecular weight excluding hydrogens is 246 g/mol. The van der Waals surface area contributed by atoms with Crippen molar-refractivity contribution in [1.82, 2.24) is 5.32 Å². The van der Waals surface area contributed by atoms with Crippen LogP contribution in [0.2, 0.25) is 0 Å². The van der Waals surface area contributed by atoms with Crippen molar-refractivity contribution in [1.29, 1.82) is 0 Å². The fourth-order valence-corrected chi connectivity index (χ4v) is 1.92. The molecule has 1 unspecified atom stereocenters. The Morgan fingerprint density at radius 1 is 1.21 bits per heavy atom. The topological polar surface area (TPSA) is 71.0 Å². The van der Waals surface area contributed by atoms with Crippen LogP contribution in [-0.4, -0.2) is 37.1 Å². The number of aliphatic hydroxyl groups is 1. The van der Waals surface area contributed by atoms with Crippen LogP contribution in [0.3, 0.4) is 0 Å². The molecule has 1 aromatic carbocycles. The summed E-state index contributed by atoms with van der Waals surface area (Å²) in [4.78, 5) is 0. The molecule has 0 amide bonds. The molecule has 3 N–H and O–H groups in total. The maximum Gasteiger partial charge on any atom is 0.200 e. The number of aromatic hydroxyl groups is 1. The zero-order valence-corrected chi connectivity index (χ0v) is 11.8. The zero-order valence-electron chi connectivity index (χ0n) is 11.8. The summed E-state index contributed by atoms with van der Waals surface area (Å²) in [6, 6.07) is 3.82. The molecule has 0 radical (unpaired) electrons. The average Bonchev–Trinajstić information content (AvgIpc) is 2.44. The first-order chi connectivity index (χ1) is 9.15. The minimum absolute atomic E-state index is 0.0103. The van der Waals surface area contributed by atoms with Gasteiger partial charge in [-0.2, -0.15) is 0 Å².